The number of aromatic nitrogens is 1. The van der Waals surface area contributed by atoms with Crippen molar-refractivity contribution in [3.05, 3.63) is 16.6 Å². The Morgan fingerprint density at radius 2 is 2.00 bits per heavy atom. The van der Waals surface area contributed by atoms with Gasteiger partial charge < -0.3 is 10.1 Å². The summed E-state index contributed by atoms with van der Waals surface area (Å²) in [4.78, 5) is 19.9. The second-order valence-electron chi connectivity index (χ2n) is 7.71. The predicted octanol–water partition coefficient (Wildman–Crippen LogP) is 3.38. The van der Waals surface area contributed by atoms with Gasteiger partial charge in [-0.25, -0.2) is 4.79 Å². The third-order valence-electron chi connectivity index (χ3n) is 4.70. The molecule has 1 N–H and O–H groups in total. The van der Waals surface area contributed by atoms with Crippen LogP contribution in [0, 0.1) is 0 Å². The monoisotopic (exact) mass is 337 g/mol. The first-order chi connectivity index (χ1) is 10.9. The van der Waals surface area contributed by atoms with Crippen LogP contribution in [0.2, 0.25) is 0 Å². The van der Waals surface area contributed by atoms with Gasteiger partial charge in [0, 0.05) is 30.2 Å². The molecule has 3 rings (SSSR count). The fourth-order valence-electron chi connectivity index (χ4n) is 3.53. The van der Waals surface area contributed by atoms with Crippen molar-refractivity contribution in [3.8, 4) is 0 Å². The third-order valence-corrected chi connectivity index (χ3v) is 5.64. The number of carbonyl (C=O) groups excluding carboxylic acids is 1. The van der Waals surface area contributed by atoms with Gasteiger partial charge in [-0.05, 0) is 52.4 Å². The molecular weight excluding hydrogens is 310 g/mol. The van der Waals surface area contributed by atoms with Gasteiger partial charge in [0.25, 0.3) is 0 Å². The number of alkyl carbamates (subject to hydrolysis) is 1. The summed E-state index contributed by atoms with van der Waals surface area (Å²) in [5, 5.41) is 2.96. The molecule has 1 aromatic heterocycles. The van der Waals surface area contributed by atoms with Gasteiger partial charge in [0.2, 0.25) is 0 Å². The van der Waals surface area contributed by atoms with Gasteiger partial charge in [-0.1, -0.05) is 0 Å². The lowest BCUT2D eigenvalue weighted by Gasteiger charge is -2.46. The summed E-state index contributed by atoms with van der Waals surface area (Å²) in [5.74, 6) is 0.704. The summed E-state index contributed by atoms with van der Waals surface area (Å²) in [6.45, 7) is 7.58. The summed E-state index contributed by atoms with van der Waals surface area (Å²) >= 11 is 1.78. The number of nitrogens with zero attached hydrogens (tertiary/aromatic N) is 2. The summed E-state index contributed by atoms with van der Waals surface area (Å²) < 4.78 is 5.31. The molecule has 0 unspecified atom stereocenters. The Kier molecular flexibility index (Phi) is 4.92. The second kappa shape index (κ2) is 6.77. The molecule has 2 aliphatic rings. The molecule has 128 valence electrons. The van der Waals surface area contributed by atoms with Crippen molar-refractivity contribution >= 4 is 17.4 Å². The number of thiazole rings is 1. The van der Waals surface area contributed by atoms with Crippen LogP contribution in [0.4, 0.5) is 4.79 Å². The summed E-state index contributed by atoms with van der Waals surface area (Å²) in [7, 11) is 0. The SMILES string of the molecule is CC(C)(C)OC(=O)NC1CN(C2CCC(c3cncs3)CC2)C1. The zero-order valence-corrected chi connectivity index (χ0v) is 15.1. The number of ether oxygens (including phenoxy) is 1. The van der Waals surface area contributed by atoms with Crippen LogP contribution in [0.5, 0.6) is 0 Å². The Morgan fingerprint density at radius 3 is 2.57 bits per heavy atom. The van der Waals surface area contributed by atoms with Crippen LogP contribution in [0.15, 0.2) is 11.7 Å². The number of amides is 1. The molecule has 0 atom stereocenters. The highest BCUT2D eigenvalue weighted by molar-refractivity contribution is 7.09. The number of rotatable bonds is 3. The number of nitrogens with one attached hydrogen (secondary N) is 1. The first-order valence-corrected chi connectivity index (χ1v) is 9.40. The van der Waals surface area contributed by atoms with E-state index in [0.29, 0.717) is 12.0 Å². The number of hydrogen-bond acceptors (Lipinski definition) is 5. The maximum absolute atomic E-state index is 11.8. The fraction of sp³-hybridized carbons (Fsp3) is 0.765. The van der Waals surface area contributed by atoms with Gasteiger partial charge in [-0.3, -0.25) is 9.88 Å². The largest absolute Gasteiger partial charge is 0.444 e. The lowest BCUT2D eigenvalue weighted by Crippen LogP contribution is -2.62. The smallest absolute Gasteiger partial charge is 0.407 e. The lowest BCUT2D eigenvalue weighted by atomic mass is 9.83. The van der Waals surface area contributed by atoms with Crippen molar-refractivity contribution in [2.75, 3.05) is 13.1 Å². The predicted molar refractivity (Wildman–Crippen MR) is 91.8 cm³/mol. The molecule has 2 heterocycles. The molecule has 1 aliphatic heterocycles. The Bertz CT molecular complexity index is 512. The van der Waals surface area contributed by atoms with Gasteiger partial charge in [0.1, 0.15) is 5.60 Å². The van der Waals surface area contributed by atoms with Crippen molar-refractivity contribution in [2.24, 2.45) is 0 Å². The second-order valence-corrected chi connectivity index (χ2v) is 8.62. The highest BCUT2D eigenvalue weighted by atomic mass is 32.1. The zero-order valence-electron chi connectivity index (χ0n) is 14.2. The maximum Gasteiger partial charge on any atom is 0.407 e. The maximum atomic E-state index is 11.8. The normalized spacial score (nSPS) is 26.6. The van der Waals surface area contributed by atoms with Crippen molar-refractivity contribution < 1.29 is 9.53 Å². The van der Waals surface area contributed by atoms with Crippen LogP contribution in [-0.2, 0) is 4.74 Å². The Balaban J connectivity index is 1.37. The van der Waals surface area contributed by atoms with E-state index in [4.69, 9.17) is 4.74 Å². The molecule has 1 aromatic rings. The Hall–Kier alpha value is -1.14. The fourth-order valence-corrected chi connectivity index (χ4v) is 4.32. The van der Waals surface area contributed by atoms with Crippen LogP contribution >= 0.6 is 11.3 Å². The molecule has 2 fully saturated rings. The van der Waals surface area contributed by atoms with Crippen molar-refractivity contribution in [1.82, 2.24) is 15.2 Å². The van der Waals surface area contributed by atoms with Crippen LogP contribution < -0.4 is 5.32 Å². The van der Waals surface area contributed by atoms with Crippen LogP contribution in [0.1, 0.15) is 57.2 Å². The molecule has 0 radical (unpaired) electrons. The zero-order chi connectivity index (χ0) is 16.4. The Morgan fingerprint density at radius 1 is 1.30 bits per heavy atom. The van der Waals surface area contributed by atoms with Gasteiger partial charge in [0.05, 0.1) is 11.6 Å². The van der Waals surface area contributed by atoms with E-state index in [-0.39, 0.29) is 12.1 Å². The van der Waals surface area contributed by atoms with Gasteiger partial charge in [0.15, 0.2) is 0 Å². The quantitative estimate of drug-likeness (QED) is 0.919. The Labute approximate surface area is 142 Å². The van der Waals surface area contributed by atoms with Gasteiger partial charge >= 0.3 is 6.09 Å². The van der Waals surface area contributed by atoms with E-state index in [1.54, 1.807) is 11.3 Å². The topological polar surface area (TPSA) is 54.5 Å². The van der Waals surface area contributed by atoms with Crippen molar-refractivity contribution in [1.29, 1.82) is 0 Å². The standard InChI is InChI=1S/C17H27N3O2S/c1-17(2,3)22-16(21)19-13-9-20(10-13)14-6-4-12(5-7-14)15-8-18-11-23-15/h8,11-14H,4-7,9-10H2,1-3H3,(H,19,21). The molecule has 0 bridgehead atoms. The minimum absolute atomic E-state index is 0.240. The van der Waals surface area contributed by atoms with Crippen LogP contribution in [0.3, 0.4) is 0 Å². The van der Waals surface area contributed by atoms with E-state index in [1.807, 2.05) is 32.5 Å². The van der Waals surface area contributed by atoms with E-state index < -0.39 is 5.60 Å². The minimum atomic E-state index is -0.428. The highest BCUT2D eigenvalue weighted by Crippen LogP contribution is 2.37. The molecule has 6 heteroatoms. The molecule has 1 saturated heterocycles. The van der Waals surface area contributed by atoms with Crippen LogP contribution in [0.25, 0.3) is 0 Å². The van der Waals surface area contributed by atoms with E-state index in [9.17, 15) is 4.79 Å². The first-order valence-electron chi connectivity index (χ1n) is 8.52. The molecule has 0 aromatic carbocycles. The van der Waals surface area contributed by atoms with E-state index in [1.165, 1.54) is 30.6 Å². The highest BCUT2D eigenvalue weighted by Gasteiger charge is 2.36. The summed E-state index contributed by atoms with van der Waals surface area (Å²) in [6.07, 6.45) is 6.75. The summed E-state index contributed by atoms with van der Waals surface area (Å²) in [6, 6.07) is 0.917. The van der Waals surface area contributed by atoms with Gasteiger partial charge in [-0.2, -0.15) is 0 Å². The molecule has 1 amide bonds. The first kappa shape index (κ1) is 16.7. The molecule has 1 aliphatic carbocycles. The molecule has 5 nitrogen and oxygen atoms in total. The third kappa shape index (κ3) is 4.44. The van der Waals surface area contributed by atoms with Crippen molar-refractivity contribution in [3.63, 3.8) is 0 Å². The summed E-state index contributed by atoms with van der Waals surface area (Å²) in [5.41, 5.74) is 1.51. The van der Waals surface area contributed by atoms with E-state index >= 15 is 0 Å². The average Bonchev–Trinajstić information content (AvgIpc) is 2.95. The molecule has 0 spiro atoms. The lowest BCUT2D eigenvalue weighted by molar-refractivity contribution is 0.0256. The van der Waals surface area contributed by atoms with Gasteiger partial charge in [-0.15, -0.1) is 11.3 Å². The number of carbonyl (C=O) groups is 1. The minimum Gasteiger partial charge on any atom is -0.444 e. The molecule has 23 heavy (non-hydrogen) atoms. The van der Waals surface area contributed by atoms with E-state index in [2.05, 4.69) is 15.2 Å². The number of likely N-dealkylation sites (tertiary alicyclic amines) is 1. The average molecular weight is 337 g/mol. The van der Waals surface area contributed by atoms with E-state index in [0.717, 1.165) is 13.1 Å². The molecule has 1 saturated carbocycles. The van der Waals surface area contributed by atoms with Crippen molar-refractivity contribution in [2.45, 2.75) is 70.1 Å². The number of hydrogen-bond donors (Lipinski definition) is 1. The van der Waals surface area contributed by atoms with Crippen LogP contribution in [-0.4, -0.2) is 46.8 Å². The molecular formula is C17H27N3O2S.